The smallest absolute Gasteiger partial charge is 0.258 e. The van der Waals surface area contributed by atoms with Gasteiger partial charge in [-0.1, -0.05) is 12.1 Å². The Hall–Kier alpha value is -2.58. The number of nitrogens with zero attached hydrogens (tertiary/aromatic N) is 1. The second-order valence-electron chi connectivity index (χ2n) is 6.44. The Morgan fingerprint density at radius 3 is 2.36 bits per heavy atom. The molecule has 0 saturated heterocycles. The van der Waals surface area contributed by atoms with Crippen LogP contribution in [0.15, 0.2) is 47.4 Å². The van der Waals surface area contributed by atoms with E-state index in [1.165, 1.54) is 26.2 Å². The maximum atomic E-state index is 12.0. The van der Waals surface area contributed by atoms with E-state index in [1.807, 2.05) is 32.0 Å². The zero-order valence-corrected chi connectivity index (χ0v) is 17.4. The summed E-state index contributed by atoms with van der Waals surface area (Å²) in [5.41, 5.74) is 2.12. The molecule has 0 saturated carbocycles. The molecule has 0 aliphatic carbocycles. The largest absolute Gasteiger partial charge is 0.492 e. The highest BCUT2D eigenvalue weighted by atomic mass is 32.2. The van der Waals surface area contributed by atoms with Gasteiger partial charge in [0.25, 0.3) is 5.91 Å². The monoisotopic (exact) mass is 406 g/mol. The van der Waals surface area contributed by atoms with E-state index in [0.717, 1.165) is 15.4 Å². The molecule has 0 atom stereocenters. The first-order valence-electron chi connectivity index (χ1n) is 8.83. The number of aryl methyl sites for hydroxylation is 1. The van der Waals surface area contributed by atoms with Crippen LogP contribution in [0.2, 0.25) is 0 Å². The Balaban J connectivity index is 1.74. The number of carbonyl (C=O) groups is 1. The van der Waals surface area contributed by atoms with Gasteiger partial charge in [0, 0.05) is 14.1 Å². The third kappa shape index (κ3) is 5.71. The minimum Gasteiger partial charge on any atom is -0.492 e. The van der Waals surface area contributed by atoms with Crippen LogP contribution in [0.4, 0.5) is 0 Å². The number of benzene rings is 2. The zero-order chi connectivity index (χ0) is 20.7. The molecular weight excluding hydrogens is 380 g/mol. The zero-order valence-electron chi connectivity index (χ0n) is 16.6. The second-order valence-corrected chi connectivity index (χ2v) is 8.60. The van der Waals surface area contributed by atoms with Gasteiger partial charge in [0.05, 0.1) is 11.4 Å². The van der Waals surface area contributed by atoms with E-state index in [-0.39, 0.29) is 24.0 Å². The molecule has 2 aromatic carbocycles. The number of carbonyl (C=O) groups excluding carboxylic acids is 1. The molecule has 0 spiro atoms. The van der Waals surface area contributed by atoms with Crippen LogP contribution < -0.4 is 14.8 Å². The Kier molecular flexibility index (Phi) is 7.42. The summed E-state index contributed by atoms with van der Waals surface area (Å²) in [5, 5.41) is 2.72. The van der Waals surface area contributed by atoms with Gasteiger partial charge in [-0.15, -0.1) is 0 Å². The van der Waals surface area contributed by atoms with Crippen molar-refractivity contribution in [3.63, 3.8) is 0 Å². The number of nitrogens with one attached hydrogen (secondary N) is 1. The van der Waals surface area contributed by atoms with E-state index in [4.69, 9.17) is 9.47 Å². The van der Waals surface area contributed by atoms with Crippen LogP contribution >= 0.6 is 0 Å². The average Bonchev–Trinajstić information content (AvgIpc) is 2.66. The lowest BCUT2D eigenvalue weighted by atomic mass is 10.1. The predicted octanol–water partition coefficient (Wildman–Crippen LogP) is 2.13. The van der Waals surface area contributed by atoms with Gasteiger partial charge in [-0.05, 0) is 55.3 Å². The van der Waals surface area contributed by atoms with Gasteiger partial charge in [-0.25, -0.2) is 12.7 Å². The average molecular weight is 407 g/mol. The first kappa shape index (κ1) is 21.7. The topological polar surface area (TPSA) is 84.9 Å². The van der Waals surface area contributed by atoms with Crippen molar-refractivity contribution >= 4 is 15.9 Å². The number of sulfonamides is 1. The van der Waals surface area contributed by atoms with Gasteiger partial charge in [0.15, 0.2) is 6.61 Å². The number of hydrogen-bond acceptors (Lipinski definition) is 5. The summed E-state index contributed by atoms with van der Waals surface area (Å²) in [7, 11) is -0.501. The summed E-state index contributed by atoms with van der Waals surface area (Å²) >= 11 is 0. The fraction of sp³-hybridized carbons (Fsp3) is 0.350. The van der Waals surface area contributed by atoms with Gasteiger partial charge < -0.3 is 14.8 Å². The molecule has 0 aliphatic heterocycles. The highest BCUT2D eigenvalue weighted by Crippen LogP contribution is 2.20. The van der Waals surface area contributed by atoms with E-state index >= 15 is 0 Å². The Labute approximate surface area is 166 Å². The van der Waals surface area contributed by atoms with Crippen LogP contribution in [0, 0.1) is 13.8 Å². The minimum atomic E-state index is -3.46. The van der Waals surface area contributed by atoms with Crippen LogP contribution in [0.1, 0.15) is 11.1 Å². The van der Waals surface area contributed by atoms with Crippen LogP contribution in [0.5, 0.6) is 11.5 Å². The molecule has 0 radical (unpaired) electrons. The maximum absolute atomic E-state index is 12.0. The quantitative estimate of drug-likeness (QED) is 0.645. The van der Waals surface area contributed by atoms with Crippen LogP contribution in [-0.2, 0) is 14.8 Å². The Morgan fingerprint density at radius 1 is 1.04 bits per heavy atom. The first-order chi connectivity index (χ1) is 13.2. The summed E-state index contributed by atoms with van der Waals surface area (Å²) in [4.78, 5) is 12.1. The van der Waals surface area contributed by atoms with Crippen LogP contribution in [-0.4, -0.2) is 52.5 Å². The first-order valence-corrected chi connectivity index (χ1v) is 10.3. The highest BCUT2D eigenvalue weighted by Gasteiger charge is 2.16. The Bertz CT molecular complexity index is 909. The van der Waals surface area contributed by atoms with E-state index < -0.39 is 10.0 Å². The highest BCUT2D eigenvalue weighted by molar-refractivity contribution is 7.89. The number of ether oxygens (including phenoxy) is 2. The van der Waals surface area contributed by atoms with Crippen molar-refractivity contribution in [2.45, 2.75) is 18.7 Å². The van der Waals surface area contributed by atoms with E-state index in [1.54, 1.807) is 12.1 Å². The molecule has 0 heterocycles. The molecular formula is C20H26N2O5S. The molecule has 0 bridgehead atoms. The van der Waals surface area contributed by atoms with Crippen molar-refractivity contribution in [1.82, 2.24) is 9.62 Å². The second kappa shape index (κ2) is 9.57. The number of amides is 1. The third-order valence-corrected chi connectivity index (χ3v) is 6.04. The molecule has 8 heteroatoms. The SMILES string of the molecule is Cc1cccc(OCC(=O)NCCOc2ccc(S(=O)(=O)N(C)C)cc2)c1C. The molecule has 2 aromatic rings. The lowest BCUT2D eigenvalue weighted by molar-refractivity contribution is -0.123. The van der Waals surface area contributed by atoms with Gasteiger partial charge >= 0.3 is 0 Å². The van der Waals surface area contributed by atoms with Crippen molar-refractivity contribution < 1.29 is 22.7 Å². The molecule has 28 heavy (non-hydrogen) atoms. The molecule has 0 unspecified atom stereocenters. The van der Waals surface area contributed by atoms with Gasteiger partial charge in [-0.3, -0.25) is 4.79 Å². The summed E-state index contributed by atoms with van der Waals surface area (Å²) in [6.45, 7) is 4.44. The van der Waals surface area contributed by atoms with Crippen molar-refractivity contribution in [2.75, 3.05) is 33.9 Å². The summed E-state index contributed by atoms with van der Waals surface area (Å²) in [6, 6.07) is 11.9. The summed E-state index contributed by atoms with van der Waals surface area (Å²) in [5.74, 6) is 0.981. The molecule has 1 N–H and O–H groups in total. The minimum absolute atomic E-state index is 0.0681. The van der Waals surface area contributed by atoms with E-state index in [0.29, 0.717) is 18.0 Å². The van der Waals surface area contributed by atoms with Crippen LogP contribution in [0.3, 0.4) is 0 Å². The lowest BCUT2D eigenvalue weighted by Crippen LogP contribution is -2.32. The number of hydrogen-bond donors (Lipinski definition) is 1. The fourth-order valence-corrected chi connectivity index (χ4v) is 3.25. The maximum Gasteiger partial charge on any atom is 0.258 e. The normalized spacial score (nSPS) is 11.3. The van der Waals surface area contributed by atoms with Crippen molar-refractivity contribution in [2.24, 2.45) is 0 Å². The molecule has 0 aromatic heterocycles. The van der Waals surface area contributed by atoms with Crippen LogP contribution in [0.25, 0.3) is 0 Å². The van der Waals surface area contributed by atoms with Gasteiger partial charge in [0.2, 0.25) is 10.0 Å². The fourth-order valence-electron chi connectivity index (χ4n) is 2.35. The number of rotatable bonds is 9. The molecule has 1 amide bonds. The standard InChI is InChI=1S/C20H26N2O5S/c1-15-6-5-7-19(16(15)2)27-14-20(23)21-12-13-26-17-8-10-18(11-9-17)28(24,25)22(3)4/h5-11H,12-14H2,1-4H3,(H,21,23). The van der Waals surface area contributed by atoms with Crippen molar-refractivity contribution in [1.29, 1.82) is 0 Å². The van der Waals surface area contributed by atoms with Crippen molar-refractivity contribution in [3.05, 3.63) is 53.6 Å². The molecule has 152 valence electrons. The summed E-state index contributed by atoms with van der Waals surface area (Å²) in [6.07, 6.45) is 0. The van der Waals surface area contributed by atoms with E-state index in [2.05, 4.69) is 5.32 Å². The third-order valence-electron chi connectivity index (χ3n) is 4.21. The summed E-state index contributed by atoms with van der Waals surface area (Å²) < 4.78 is 36.2. The van der Waals surface area contributed by atoms with Gasteiger partial charge in [-0.2, -0.15) is 0 Å². The Morgan fingerprint density at radius 2 is 1.71 bits per heavy atom. The van der Waals surface area contributed by atoms with Gasteiger partial charge in [0.1, 0.15) is 18.1 Å². The predicted molar refractivity (Wildman–Crippen MR) is 107 cm³/mol. The lowest BCUT2D eigenvalue weighted by Gasteiger charge is -2.13. The molecule has 0 fully saturated rings. The molecule has 0 aliphatic rings. The molecule has 7 nitrogen and oxygen atoms in total. The van der Waals surface area contributed by atoms with E-state index in [9.17, 15) is 13.2 Å². The molecule has 2 rings (SSSR count). The van der Waals surface area contributed by atoms with Crippen molar-refractivity contribution in [3.8, 4) is 11.5 Å².